The summed E-state index contributed by atoms with van der Waals surface area (Å²) in [4.78, 5) is 15.7. The van der Waals surface area contributed by atoms with E-state index >= 15 is 0 Å². The Morgan fingerprint density at radius 1 is 1.13 bits per heavy atom. The number of hydrogen-bond acceptors (Lipinski definition) is 8. The Hall–Kier alpha value is -3.31. The van der Waals surface area contributed by atoms with Gasteiger partial charge in [0.25, 0.3) is 0 Å². The topological polar surface area (TPSA) is 89.2 Å². The Morgan fingerprint density at radius 3 is 2.69 bits per heavy atom. The molecular weight excluding hydrogens is 509 g/mol. The van der Waals surface area contributed by atoms with Crippen molar-refractivity contribution in [1.82, 2.24) is 25.0 Å². The quantitative estimate of drug-likeness (QED) is 0.456. The number of anilines is 1. The minimum absolute atomic E-state index is 0.0642. The lowest BCUT2D eigenvalue weighted by molar-refractivity contribution is -0.138. The molecule has 0 spiro atoms. The van der Waals surface area contributed by atoms with Gasteiger partial charge in [0.1, 0.15) is 11.3 Å². The van der Waals surface area contributed by atoms with E-state index in [1.54, 1.807) is 19.3 Å². The fourth-order valence-electron chi connectivity index (χ4n) is 6.25. The van der Waals surface area contributed by atoms with Gasteiger partial charge in [0, 0.05) is 56.0 Å². The van der Waals surface area contributed by atoms with Gasteiger partial charge in [-0.15, -0.1) is 0 Å². The van der Waals surface area contributed by atoms with E-state index < -0.39 is 11.7 Å². The van der Waals surface area contributed by atoms with Crippen LogP contribution >= 0.6 is 0 Å². The molecule has 2 aliphatic carbocycles. The maximum Gasteiger partial charge on any atom is 0.419 e. The molecule has 6 rings (SSSR count). The molecule has 8 nitrogen and oxygen atoms in total. The number of halogens is 3. The van der Waals surface area contributed by atoms with E-state index in [1.807, 2.05) is 19.9 Å². The van der Waals surface area contributed by atoms with Crippen LogP contribution in [0, 0.1) is 13.8 Å². The molecule has 1 N–H and O–H groups in total. The lowest BCUT2D eigenvalue weighted by Gasteiger charge is -2.30. The molecule has 3 atom stereocenters. The third-order valence-corrected chi connectivity index (χ3v) is 8.18. The number of methoxy groups -OCH3 is 1. The first-order valence-corrected chi connectivity index (χ1v) is 13.3. The number of alkyl halides is 3. The largest absolute Gasteiger partial charge is 0.419 e. The molecule has 3 aliphatic rings. The molecule has 1 unspecified atom stereocenters. The van der Waals surface area contributed by atoms with Crippen molar-refractivity contribution in [2.75, 3.05) is 25.5 Å². The smallest absolute Gasteiger partial charge is 0.380 e. The average Bonchev–Trinajstić information content (AvgIpc) is 3.70. The molecule has 3 aromatic rings. The molecule has 0 radical (unpaired) electrons. The molecule has 1 saturated carbocycles. The molecule has 0 bridgehead atoms. The highest BCUT2D eigenvalue weighted by Crippen LogP contribution is 2.40. The minimum Gasteiger partial charge on any atom is -0.380 e. The van der Waals surface area contributed by atoms with Gasteiger partial charge in [0.05, 0.1) is 34.4 Å². The first kappa shape index (κ1) is 25.9. The summed E-state index contributed by atoms with van der Waals surface area (Å²) in [6.07, 6.45) is 2.68. The molecule has 11 heteroatoms. The van der Waals surface area contributed by atoms with E-state index in [-0.39, 0.29) is 29.8 Å². The van der Waals surface area contributed by atoms with Gasteiger partial charge in [-0.2, -0.15) is 13.2 Å². The summed E-state index contributed by atoms with van der Waals surface area (Å²) >= 11 is 0. The van der Waals surface area contributed by atoms with Gasteiger partial charge in [-0.25, -0.2) is 9.97 Å². The van der Waals surface area contributed by atoms with Gasteiger partial charge in [-0.1, -0.05) is 17.3 Å². The Kier molecular flexibility index (Phi) is 6.66. The molecule has 0 amide bonds. The third kappa shape index (κ3) is 4.82. The van der Waals surface area contributed by atoms with Crippen molar-refractivity contribution in [1.29, 1.82) is 0 Å². The molecule has 1 saturated heterocycles. The van der Waals surface area contributed by atoms with Crippen LogP contribution in [-0.2, 0) is 17.3 Å². The predicted octanol–water partition coefficient (Wildman–Crippen LogP) is 5.20. The van der Waals surface area contributed by atoms with Crippen molar-refractivity contribution < 1.29 is 22.4 Å². The predicted molar refractivity (Wildman–Crippen MR) is 139 cm³/mol. The van der Waals surface area contributed by atoms with E-state index in [1.165, 1.54) is 0 Å². The number of likely N-dealkylation sites (tertiary alicyclic amines) is 1. The zero-order chi connectivity index (χ0) is 27.3. The number of ether oxygens (including phenoxy) is 1. The maximum absolute atomic E-state index is 14.1. The second-order valence-electron chi connectivity index (χ2n) is 10.6. The molecule has 3 aromatic heterocycles. The maximum atomic E-state index is 14.1. The van der Waals surface area contributed by atoms with Gasteiger partial charge >= 0.3 is 6.18 Å². The van der Waals surface area contributed by atoms with E-state index in [2.05, 4.69) is 25.3 Å². The van der Waals surface area contributed by atoms with E-state index in [0.29, 0.717) is 40.4 Å². The fraction of sp³-hybridized carbons (Fsp3) is 0.500. The van der Waals surface area contributed by atoms with Crippen LogP contribution in [0.3, 0.4) is 0 Å². The summed E-state index contributed by atoms with van der Waals surface area (Å²) in [5, 5.41) is 7.37. The van der Waals surface area contributed by atoms with Crippen LogP contribution < -0.4 is 5.32 Å². The van der Waals surface area contributed by atoms with E-state index in [4.69, 9.17) is 14.2 Å². The highest BCUT2D eigenvalue weighted by molar-refractivity contribution is 5.85. The monoisotopic (exact) mass is 540 g/mol. The molecule has 206 valence electrons. The highest BCUT2D eigenvalue weighted by atomic mass is 19.4. The zero-order valence-corrected chi connectivity index (χ0v) is 22.2. The fourth-order valence-corrected chi connectivity index (χ4v) is 6.25. The highest BCUT2D eigenvalue weighted by Gasteiger charge is 2.39. The zero-order valence-electron chi connectivity index (χ0n) is 22.2. The Labute approximate surface area is 224 Å². The number of fused-ring (bicyclic) bond motifs is 1. The normalized spacial score (nSPS) is 23.3. The van der Waals surface area contributed by atoms with Gasteiger partial charge in [-0.05, 0) is 45.6 Å². The Balaban J connectivity index is 1.30. The summed E-state index contributed by atoms with van der Waals surface area (Å²) in [7, 11) is 1.74. The van der Waals surface area contributed by atoms with E-state index in [0.717, 1.165) is 50.5 Å². The van der Waals surface area contributed by atoms with E-state index in [9.17, 15) is 13.2 Å². The standard InChI is InChI=1S/C28H31F3N6O2/c1-15-25(16(2)39-36-15)23-10-7-18-19(8-9-21(18)33-23)26-20(28(29,30)31)13-32-27(35-26)34-22-5-4-6-24(22)37-12-11-17(14-37)38-3/h7-8,10,13,17,22,24H,4-6,9,11-12,14H2,1-3H3,(H,32,34,35)/t17?,22-,24-/m0/s1. The molecule has 4 heterocycles. The Bertz CT molecular complexity index is 1400. The van der Waals surface area contributed by atoms with Crippen molar-refractivity contribution >= 4 is 11.5 Å². The number of hydrogen-bond donors (Lipinski definition) is 1. The van der Waals surface area contributed by atoms with Crippen LogP contribution in [0.5, 0.6) is 0 Å². The number of nitrogens with one attached hydrogen (secondary N) is 1. The number of nitrogens with zero attached hydrogens (tertiary/aromatic N) is 5. The molecule has 0 aromatic carbocycles. The van der Waals surface area contributed by atoms with Crippen molar-refractivity contribution in [3.8, 4) is 11.3 Å². The van der Waals surface area contributed by atoms with Crippen molar-refractivity contribution in [2.45, 2.75) is 70.3 Å². The summed E-state index contributed by atoms with van der Waals surface area (Å²) in [6, 6.07) is 3.95. The van der Waals surface area contributed by atoms with Crippen LogP contribution in [-0.4, -0.2) is 63.4 Å². The Morgan fingerprint density at radius 2 is 1.97 bits per heavy atom. The second-order valence-corrected chi connectivity index (χ2v) is 10.6. The van der Waals surface area contributed by atoms with Crippen LogP contribution in [0.25, 0.3) is 16.8 Å². The number of pyridine rings is 1. The van der Waals surface area contributed by atoms with Crippen LogP contribution in [0.2, 0.25) is 0 Å². The number of aromatic nitrogens is 4. The lowest BCUT2D eigenvalue weighted by atomic mass is 10.0. The molecular formula is C28H31F3N6O2. The van der Waals surface area contributed by atoms with Gasteiger partial charge in [0.15, 0.2) is 0 Å². The molecule has 2 fully saturated rings. The SMILES string of the molecule is COC1CCN([C@H]2CCC[C@@H]2Nc2ncc(C(F)(F)F)c(C3=CCc4nc(-c5c(C)noc5C)ccc43)n2)C1. The van der Waals surface area contributed by atoms with Crippen LogP contribution in [0.4, 0.5) is 19.1 Å². The van der Waals surface area contributed by atoms with Crippen molar-refractivity contribution in [2.24, 2.45) is 0 Å². The second kappa shape index (κ2) is 10.0. The third-order valence-electron chi connectivity index (χ3n) is 8.18. The van der Waals surface area contributed by atoms with Gasteiger partial charge < -0.3 is 14.6 Å². The van der Waals surface area contributed by atoms with Gasteiger partial charge in [-0.3, -0.25) is 9.88 Å². The first-order valence-electron chi connectivity index (χ1n) is 13.3. The molecule has 39 heavy (non-hydrogen) atoms. The van der Waals surface area contributed by atoms with Gasteiger partial charge in [0.2, 0.25) is 5.95 Å². The summed E-state index contributed by atoms with van der Waals surface area (Å²) < 4.78 is 53.1. The average molecular weight is 541 g/mol. The summed E-state index contributed by atoms with van der Waals surface area (Å²) in [5.41, 5.74) is 2.99. The van der Waals surface area contributed by atoms with Crippen LogP contribution in [0.1, 0.15) is 59.7 Å². The number of rotatable bonds is 6. The lowest BCUT2D eigenvalue weighted by Crippen LogP contribution is -2.43. The number of aryl methyl sites for hydroxylation is 2. The minimum atomic E-state index is -4.60. The molecule has 1 aliphatic heterocycles. The summed E-state index contributed by atoms with van der Waals surface area (Å²) in [5.74, 6) is 0.862. The van der Waals surface area contributed by atoms with Crippen molar-refractivity contribution in [3.63, 3.8) is 0 Å². The summed E-state index contributed by atoms with van der Waals surface area (Å²) in [6.45, 7) is 5.47. The first-order chi connectivity index (χ1) is 18.7. The number of allylic oxidation sites excluding steroid dienone is 1. The van der Waals surface area contributed by atoms with Crippen molar-refractivity contribution in [3.05, 3.63) is 58.4 Å². The van der Waals surface area contributed by atoms with Crippen LogP contribution in [0.15, 0.2) is 28.9 Å².